The fourth-order valence-electron chi connectivity index (χ4n) is 0.870. The van der Waals surface area contributed by atoms with Gasteiger partial charge in [0.05, 0.1) is 5.38 Å². The number of benzene rings is 1. The molecule has 2 nitrogen and oxygen atoms in total. The monoisotopic (exact) mass is 172 g/mol. The lowest BCUT2D eigenvalue weighted by Crippen LogP contribution is -1.84. The zero-order chi connectivity index (χ0) is 8.43. The summed E-state index contributed by atoms with van der Waals surface area (Å²) in [5.41, 5.74) is 0.548. The van der Waals surface area contributed by atoms with Gasteiger partial charge in [0.15, 0.2) is 11.5 Å². The molecular formula is C8H9ClO2. The van der Waals surface area contributed by atoms with Gasteiger partial charge in [-0.3, -0.25) is 0 Å². The van der Waals surface area contributed by atoms with Gasteiger partial charge >= 0.3 is 0 Å². The van der Waals surface area contributed by atoms with E-state index in [0.717, 1.165) is 0 Å². The molecule has 1 atom stereocenters. The van der Waals surface area contributed by atoms with Crippen molar-refractivity contribution in [1.29, 1.82) is 0 Å². The molecule has 0 aliphatic rings. The average molecular weight is 173 g/mol. The Labute approximate surface area is 70.1 Å². The standard InChI is InChI=1S/C8H9ClO2/c1-5(9)6-3-2-4-7(10)8(6)11/h2-5,10-11H,1H3. The summed E-state index contributed by atoms with van der Waals surface area (Å²) in [6, 6.07) is 4.73. The Morgan fingerprint density at radius 3 is 2.45 bits per heavy atom. The lowest BCUT2D eigenvalue weighted by Gasteiger charge is -2.06. The molecule has 0 fully saturated rings. The van der Waals surface area contributed by atoms with E-state index in [1.807, 2.05) is 0 Å². The smallest absolute Gasteiger partial charge is 0.162 e. The highest BCUT2D eigenvalue weighted by Crippen LogP contribution is 2.34. The van der Waals surface area contributed by atoms with Crippen molar-refractivity contribution in [2.24, 2.45) is 0 Å². The van der Waals surface area contributed by atoms with Crippen molar-refractivity contribution in [2.75, 3.05) is 0 Å². The van der Waals surface area contributed by atoms with Gasteiger partial charge in [0.1, 0.15) is 0 Å². The molecule has 1 aromatic rings. The quantitative estimate of drug-likeness (QED) is 0.505. The normalized spacial score (nSPS) is 12.9. The molecule has 2 N–H and O–H groups in total. The predicted octanol–water partition coefficient (Wildman–Crippen LogP) is 2.40. The molecular weight excluding hydrogens is 164 g/mol. The second kappa shape index (κ2) is 3.01. The molecule has 0 aromatic heterocycles. The molecule has 3 heteroatoms. The maximum Gasteiger partial charge on any atom is 0.162 e. The molecule has 0 aliphatic carbocycles. The highest BCUT2D eigenvalue weighted by molar-refractivity contribution is 6.20. The average Bonchev–Trinajstić information content (AvgIpc) is 1.94. The van der Waals surface area contributed by atoms with E-state index < -0.39 is 0 Å². The van der Waals surface area contributed by atoms with E-state index in [1.54, 1.807) is 19.1 Å². The molecule has 1 rings (SSSR count). The molecule has 0 spiro atoms. The van der Waals surface area contributed by atoms with Crippen LogP contribution >= 0.6 is 11.6 Å². The summed E-state index contributed by atoms with van der Waals surface area (Å²) in [5.74, 6) is -0.259. The van der Waals surface area contributed by atoms with Crippen molar-refractivity contribution < 1.29 is 10.2 Å². The molecule has 0 radical (unpaired) electrons. The molecule has 0 saturated carbocycles. The number of para-hydroxylation sites is 1. The molecule has 11 heavy (non-hydrogen) atoms. The third-order valence-corrected chi connectivity index (χ3v) is 1.71. The van der Waals surface area contributed by atoms with Crippen LogP contribution in [0.1, 0.15) is 17.9 Å². The number of alkyl halides is 1. The molecule has 1 aromatic carbocycles. The van der Waals surface area contributed by atoms with Gasteiger partial charge in [0.2, 0.25) is 0 Å². The first kappa shape index (κ1) is 8.21. The van der Waals surface area contributed by atoms with E-state index >= 15 is 0 Å². The van der Waals surface area contributed by atoms with E-state index in [-0.39, 0.29) is 16.9 Å². The minimum absolute atomic E-state index is 0.130. The number of phenols is 2. The summed E-state index contributed by atoms with van der Waals surface area (Å²) in [6.07, 6.45) is 0. The first-order valence-corrected chi connectivity index (χ1v) is 3.71. The van der Waals surface area contributed by atoms with Crippen LogP contribution in [0.4, 0.5) is 0 Å². The van der Waals surface area contributed by atoms with Crippen LogP contribution in [0.15, 0.2) is 18.2 Å². The van der Waals surface area contributed by atoms with Gasteiger partial charge in [-0.15, -0.1) is 11.6 Å². The van der Waals surface area contributed by atoms with Crippen LogP contribution in [-0.4, -0.2) is 10.2 Å². The largest absolute Gasteiger partial charge is 0.504 e. The maximum atomic E-state index is 9.23. The number of hydrogen-bond acceptors (Lipinski definition) is 2. The highest BCUT2D eigenvalue weighted by Gasteiger charge is 2.09. The minimum Gasteiger partial charge on any atom is -0.504 e. The lowest BCUT2D eigenvalue weighted by molar-refractivity contribution is 0.399. The fourth-order valence-corrected chi connectivity index (χ4v) is 1.05. The number of hydrogen-bond donors (Lipinski definition) is 2. The van der Waals surface area contributed by atoms with Crippen molar-refractivity contribution in [1.82, 2.24) is 0 Å². The Kier molecular flexibility index (Phi) is 2.25. The summed E-state index contributed by atoms with van der Waals surface area (Å²) in [5, 5.41) is 18.0. The summed E-state index contributed by atoms with van der Waals surface area (Å²) in [6.45, 7) is 1.73. The summed E-state index contributed by atoms with van der Waals surface area (Å²) in [4.78, 5) is 0. The number of halogens is 1. The fraction of sp³-hybridized carbons (Fsp3) is 0.250. The van der Waals surface area contributed by atoms with Crippen LogP contribution in [0.2, 0.25) is 0 Å². The Bertz CT molecular complexity index is 258. The first-order chi connectivity index (χ1) is 5.13. The number of phenolic OH excluding ortho intramolecular Hbond substituents is 2. The van der Waals surface area contributed by atoms with Crippen molar-refractivity contribution >= 4 is 11.6 Å². The molecule has 1 unspecified atom stereocenters. The predicted molar refractivity (Wildman–Crippen MR) is 44.0 cm³/mol. The van der Waals surface area contributed by atoms with Crippen LogP contribution in [0, 0.1) is 0 Å². The van der Waals surface area contributed by atoms with E-state index in [1.165, 1.54) is 6.07 Å². The molecule has 0 heterocycles. The Morgan fingerprint density at radius 2 is 2.00 bits per heavy atom. The molecule has 0 aliphatic heterocycles. The minimum atomic E-state index is -0.290. The Morgan fingerprint density at radius 1 is 1.36 bits per heavy atom. The van der Waals surface area contributed by atoms with Crippen LogP contribution in [0.5, 0.6) is 11.5 Å². The van der Waals surface area contributed by atoms with Crippen LogP contribution < -0.4 is 0 Å². The van der Waals surface area contributed by atoms with Crippen LogP contribution in [0.3, 0.4) is 0 Å². The third-order valence-electron chi connectivity index (χ3n) is 1.47. The van der Waals surface area contributed by atoms with Gasteiger partial charge in [-0.05, 0) is 13.0 Å². The van der Waals surface area contributed by atoms with E-state index in [4.69, 9.17) is 16.7 Å². The zero-order valence-electron chi connectivity index (χ0n) is 6.08. The van der Waals surface area contributed by atoms with Gasteiger partial charge < -0.3 is 10.2 Å². The maximum absolute atomic E-state index is 9.23. The second-order valence-corrected chi connectivity index (χ2v) is 2.99. The topological polar surface area (TPSA) is 40.5 Å². The third kappa shape index (κ3) is 1.57. The van der Waals surface area contributed by atoms with Crippen molar-refractivity contribution in [3.8, 4) is 11.5 Å². The van der Waals surface area contributed by atoms with Gasteiger partial charge in [0, 0.05) is 5.56 Å². The molecule has 0 bridgehead atoms. The summed E-state index contributed by atoms with van der Waals surface area (Å²) in [7, 11) is 0. The number of aromatic hydroxyl groups is 2. The first-order valence-electron chi connectivity index (χ1n) is 3.28. The van der Waals surface area contributed by atoms with Gasteiger partial charge in [-0.1, -0.05) is 12.1 Å². The van der Waals surface area contributed by atoms with Crippen molar-refractivity contribution in [3.05, 3.63) is 23.8 Å². The molecule has 0 amide bonds. The summed E-state index contributed by atoms with van der Waals surface area (Å²) < 4.78 is 0. The Balaban J connectivity index is 3.17. The van der Waals surface area contributed by atoms with Crippen molar-refractivity contribution in [2.45, 2.75) is 12.3 Å². The number of rotatable bonds is 1. The van der Waals surface area contributed by atoms with Gasteiger partial charge in [-0.2, -0.15) is 0 Å². The molecule has 60 valence electrons. The van der Waals surface area contributed by atoms with Crippen LogP contribution in [0.25, 0.3) is 0 Å². The zero-order valence-corrected chi connectivity index (χ0v) is 6.84. The van der Waals surface area contributed by atoms with Crippen LogP contribution in [-0.2, 0) is 0 Å². The van der Waals surface area contributed by atoms with Gasteiger partial charge in [-0.25, -0.2) is 0 Å². The van der Waals surface area contributed by atoms with Crippen molar-refractivity contribution in [3.63, 3.8) is 0 Å². The molecule has 0 saturated heterocycles. The van der Waals surface area contributed by atoms with E-state index in [0.29, 0.717) is 5.56 Å². The van der Waals surface area contributed by atoms with Gasteiger partial charge in [0.25, 0.3) is 0 Å². The Hall–Kier alpha value is -0.890. The van der Waals surface area contributed by atoms with E-state index in [9.17, 15) is 5.11 Å². The second-order valence-electron chi connectivity index (χ2n) is 2.33. The SMILES string of the molecule is CC(Cl)c1cccc(O)c1O. The van der Waals surface area contributed by atoms with E-state index in [2.05, 4.69) is 0 Å². The lowest BCUT2D eigenvalue weighted by atomic mass is 10.1. The summed E-state index contributed by atoms with van der Waals surface area (Å²) >= 11 is 5.71. The highest BCUT2D eigenvalue weighted by atomic mass is 35.5.